The van der Waals surface area contributed by atoms with Crippen LogP contribution in [0.3, 0.4) is 0 Å². The first-order chi connectivity index (χ1) is 22.1. The Balaban J connectivity index is 1.79. The van der Waals surface area contributed by atoms with Crippen molar-refractivity contribution in [2.75, 3.05) is 31.6 Å². The van der Waals surface area contributed by atoms with Crippen molar-refractivity contribution in [2.45, 2.75) is 37.8 Å². The van der Waals surface area contributed by atoms with Crippen molar-refractivity contribution in [1.82, 2.24) is 10.2 Å². The molecule has 10 heteroatoms. The van der Waals surface area contributed by atoms with E-state index in [1.165, 1.54) is 37.3 Å². The number of rotatable bonds is 15. The van der Waals surface area contributed by atoms with E-state index in [0.717, 1.165) is 15.4 Å². The Labute approximate surface area is 271 Å². The lowest BCUT2D eigenvalue weighted by molar-refractivity contribution is -0.140. The Kier molecular flexibility index (Phi) is 11.8. The smallest absolute Gasteiger partial charge is 0.264 e. The van der Waals surface area contributed by atoms with Gasteiger partial charge in [-0.3, -0.25) is 13.9 Å². The molecule has 0 radical (unpaired) electrons. The summed E-state index contributed by atoms with van der Waals surface area (Å²) in [7, 11) is -1.40. The third-order valence-corrected chi connectivity index (χ3v) is 9.19. The van der Waals surface area contributed by atoms with Crippen molar-refractivity contribution in [1.29, 1.82) is 0 Å². The number of para-hydroxylation sites is 1. The first-order valence-electron chi connectivity index (χ1n) is 15.1. The van der Waals surface area contributed by atoms with Crippen molar-refractivity contribution in [3.63, 3.8) is 0 Å². The number of benzene rings is 4. The van der Waals surface area contributed by atoms with Crippen LogP contribution >= 0.6 is 0 Å². The maximum absolute atomic E-state index is 14.5. The highest BCUT2D eigenvalue weighted by Crippen LogP contribution is 2.32. The van der Waals surface area contributed by atoms with Gasteiger partial charge in [0.05, 0.1) is 24.8 Å². The number of methoxy groups -OCH3 is 2. The van der Waals surface area contributed by atoms with Gasteiger partial charge in [-0.15, -0.1) is 0 Å². The molecule has 0 unspecified atom stereocenters. The van der Waals surface area contributed by atoms with Gasteiger partial charge in [-0.05, 0) is 41.3 Å². The first kappa shape index (κ1) is 34.1. The quantitative estimate of drug-likeness (QED) is 0.188. The van der Waals surface area contributed by atoms with E-state index < -0.39 is 28.5 Å². The fourth-order valence-electron chi connectivity index (χ4n) is 4.98. The van der Waals surface area contributed by atoms with Gasteiger partial charge in [0.25, 0.3) is 10.0 Å². The average molecular weight is 644 g/mol. The van der Waals surface area contributed by atoms with Gasteiger partial charge in [0.1, 0.15) is 12.6 Å². The predicted octanol–water partition coefficient (Wildman–Crippen LogP) is 5.31. The van der Waals surface area contributed by atoms with Crippen LogP contribution in [0, 0.1) is 5.92 Å². The standard InChI is InChI=1S/C36H41N3O6S/c1-27(2)24-37-36(41)32(22-28-14-8-5-9-15-28)38(25-29-16-10-6-11-17-29)35(40)26-39(30-18-12-7-13-19-30)46(42,43)31-20-21-33(44-3)34(23-31)45-4/h5-21,23,27,32H,22,24-26H2,1-4H3,(H,37,41)/t32-/m1/s1. The minimum atomic E-state index is -4.29. The Morgan fingerprint density at radius 1 is 0.761 bits per heavy atom. The molecule has 0 aliphatic rings. The van der Waals surface area contributed by atoms with Crippen LogP contribution in [-0.2, 0) is 32.6 Å². The minimum Gasteiger partial charge on any atom is -0.493 e. The van der Waals surface area contributed by atoms with Crippen LogP contribution in [0.15, 0.2) is 114 Å². The van der Waals surface area contributed by atoms with E-state index in [4.69, 9.17) is 9.47 Å². The number of hydrogen-bond donors (Lipinski definition) is 1. The zero-order valence-electron chi connectivity index (χ0n) is 26.6. The molecule has 0 aliphatic carbocycles. The molecule has 4 rings (SSSR count). The molecular weight excluding hydrogens is 602 g/mol. The molecule has 9 nitrogen and oxygen atoms in total. The Morgan fingerprint density at radius 3 is 1.89 bits per heavy atom. The highest BCUT2D eigenvalue weighted by molar-refractivity contribution is 7.92. The lowest BCUT2D eigenvalue weighted by atomic mass is 10.0. The van der Waals surface area contributed by atoms with Crippen LogP contribution in [0.5, 0.6) is 11.5 Å². The van der Waals surface area contributed by atoms with E-state index in [2.05, 4.69) is 5.32 Å². The number of nitrogens with zero attached hydrogens (tertiary/aromatic N) is 2. The molecule has 0 aromatic heterocycles. The molecule has 0 saturated heterocycles. The lowest BCUT2D eigenvalue weighted by Gasteiger charge is -2.34. The topological polar surface area (TPSA) is 105 Å². The molecule has 242 valence electrons. The second-order valence-corrected chi connectivity index (χ2v) is 13.1. The minimum absolute atomic E-state index is 0.0769. The van der Waals surface area contributed by atoms with Gasteiger partial charge in [-0.2, -0.15) is 0 Å². The Bertz CT molecular complexity index is 1680. The number of ether oxygens (including phenoxy) is 2. The van der Waals surface area contributed by atoms with Gasteiger partial charge < -0.3 is 19.7 Å². The zero-order valence-corrected chi connectivity index (χ0v) is 27.4. The fraction of sp³-hybridized carbons (Fsp3) is 0.278. The second-order valence-electron chi connectivity index (χ2n) is 11.2. The van der Waals surface area contributed by atoms with Gasteiger partial charge in [0, 0.05) is 25.6 Å². The highest BCUT2D eigenvalue weighted by atomic mass is 32.2. The van der Waals surface area contributed by atoms with Crippen LogP contribution in [0.2, 0.25) is 0 Å². The van der Waals surface area contributed by atoms with Crippen LogP contribution in [-0.4, -0.2) is 58.5 Å². The SMILES string of the molecule is COc1ccc(S(=O)(=O)N(CC(=O)N(Cc2ccccc2)[C@H](Cc2ccccc2)C(=O)NCC(C)C)c2ccccc2)cc1OC. The van der Waals surface area contributed by atoms with Crippen molar-refractivity contribution >= 4 is 27.5 Å². The lowest BCUT2D eigenvalue weighted by Crippen LogP contribution is -2.53. The largest absolute Gasteiger partial charge is 0.493 e. The number of carbonyl (C=O) groups excluding carboxylic acids is 2. The average Bonchev–Trinajstić information content (AvgIpc) is 3.08. The number of sulfonamides is 1. The van der Waals surface area contributed by atoms with E-state index in [9.17, 15) is 18.0 Å². The molecule has 46 heavy (non-hydrogen) atoms. The van der Waals surface area contributed by atoms with Crippen LogP contribution < -0.4 is 19.1 Å². The van der Waals surface area contributed by atoms with Gasteiger partial charge in [0.2, 0.25) is 11.8 Å². The summed E-state index contributed by atoms with van der Waals surface area (Å²) in [5.74, 6) is -0.0413. The molecule has 1 atom stereocenters. The molecule has 0 heterocycles. The van der Waals surface area contributed by atoms with E-state index >= 15 is 0 Å². The number of hydrogen-bond acceptors (Lipinski definition) is 6. The van der Waals surface area contributed by atoms with E-state index in [0.29, 0.717) is 18.0 Å². The summed E-state index contributed by atoms with van der Waals surface area (Å²) in [5.41, 5.74) is 1.98. The third-order valence-electron chi connectivity index (χ3n) is 7.42. The van der Waals surface area contributed by atoms with Crippen LogP contribution in [0.25, 0.3) is 0 Å². The maximum atomic E-state index is 14.5. The highest BCUT2D eigenvalue weighted by Gasteiger charge is 2.35. The molecule has 2 amide bonds. The number of amides is 2. The summed E-state index contributed by atoms with van der Waals surface area (Å²) in [5, 5.41) is 3.00. The second kappa shape index (κ2) is 15.9. The number of carbonyl (C=O) groups is 2. The molecule has 0 bridgehead atoms. The predicted molar refractivity (Wildman–Crippen MR) is 179 cm³/mol. The zero-order chi connectivity index (χ0) is 33.1. The van der Waals surface area contributed by atoms with Gasteiger partial charge in [0.15, 0.2) is 11.5 Å². The van der Waals surface area contributed by atoms with Crippen molar-refractivity contribution in [3.8, 4) is 11.5 Å². The molecule has 0 saturated carbocycles. The van der Waals surface area contributed by atoms with Crippen LogP contribution in [0.4, 0.5) is 5.69 Å². The summed E-state index contributed by atoms with van der Waals surface area (Å²) < 4.78 is 40.3. The van der Waals surface area contributed by atoms with E-state index in [1.807, 2.05) is 74.5 Å². The summed E-state index contributed by atoms with van der Waals surface area (Å²) in [6, 6.07) is 30.6. The van der Waals surface area contributed by atoms with Crippen molar-refractivity contribution in [2.24, 2.45) is 5.92 Å². The summed E-state index contributed by atoms with van der Waals surface area (Å²) >= 11 is 0. The van der Waals surface area contributed by atoms with Crippen molar-refractivity contribution in [3.05, 3.63) is 120 Å². The molecule has 4 aromatic carbocycles. The number of anilines is 1. The fourth-order valence-corrected chi connectivity index (χ4v) is 6.41. The van der Waals surface area contributed by atoms with E-state index in [-0.39, 0.29) is 35.4 Å². The van der Waals surface area contributed by atoms with Crippen molar-refractivity contribution < 1.29 is 27.5 Å². The molecule has 1 N–H and O–H groups in total. The summed E-state index contributed by atoms with van der Waals surface area (Å²) in [4.78, 5) is 29.7. The third kappa shape index (κ3) is 8.66. The van der Waals surface area contributed by atoms with E-state index in [1.54, 1.807) is 30.3 Å². The monoisotopic (exact) mass is 643 g/mol. The Hall–Kier alpha value is -4.83. The summed E-state index contributed by atoms with van der Waals surface area (Å²) in [6.45, 7) is 3.98. The normalized spacial score (nSPS) is 11.8. The number of nitrogens with one attached hydrogen (secondary N) is 1. The van der Waals surface area contributed by atoms with Crippen LogP contribution in [0.1, 0.15) is 25.0 Å². The molecular formula is C36H41N3O6S. The summed E-state index contributed by atoms with van der Waals surface area (Å²) in [6.07, 6.45) is 0.247. The molecule has 0 fully saturated rings. The maximum Gasteiger partial charge on any atom is 0.264 e. The van der Waals surface area contributed by atoms with Gasteiger partial charge in [-0.1, -0.05) is 92.7 Å². The van der Waals surface area contributed by atoms with Gasteiger partial charge >= 0.3 is 0 Å². The first-order valence-corrected chi connectivity index (χ1v) is 16.5. The molecule has 4 aromatic rings. The molecule has 0 spiro atoms. The Morgan fingerprint density at radius 2 is 1.33 bits per heavy atom. The van der Waals surface area contributed by atoms with Gasteiger partial charge in [-0.25, -0.2) is 8.42 Å². The molecule has 0 aliphatic heterocycles.